The van der Waals surface area contributed by atoms with Crippen molar-refractivity contribution in [2.45, 2.75) is 65.0 Å². The monoisotopic (exact) mass is 269 g/mol. The summed E-state index contributed by atoms with van der Waals surface area (Å²) in [6.07, 6.45) is 4.99. The summed E-state index contributed by atoms with van der Waals surface area (Å²) in [5.74, 6) is 0.764. The van der Waals surface area contributed by atoms with Crippen molar-refractivity contribution in [1.29, 1.82) is 0 Å². The van der Waals surface area contributed by atoms with Gasteiger partial charge in [-0.15, -0.1) is 0 Å². The first-order chi connectivity index (χ1) is 8.92. The molecule has 19 heavy (non-hydrogen) atoms. The summed E-state index contributed by atoms with van der Waals surface area (Å²) in [5, 5.41) is 0. The summed E-state index contributed by atoms with van der Waals surface area (Å²) in [4.78, 5) is 5.20. The zero-order valence-corrected chi connectivity index (χ0v) is 13.8. The largest absolute Gasteiger partial charge is 0.329 e. The maximum atomic E-state index is 6.17. The molecule has 1 aliphatic heterocycles. The fraction of sp³-hybridized carbons (Fsp3) is 1.00. The van der Waals surface area contributed by atoms with Crippen molar-refractivity contribution >= 4 is 0 Å². The third-order valence-corrected chi connectivity index (χ3v) is 4.77. The van der Waals surface area contributed by atoms with E-state index in [4.69, 9.17) is 5.73 Å². The lowest BCUT2D eigenvalue weighted by Crippen LogP contribution is -2.57. The molecule has 0 saturated carbocycles. The van der Waals surface area contributed by atoms with E-state index in [0.29, 0.717) is 6.04 Å². The second-order valence-electron chi connectivity index (χ2n) is 7.00. The number of nitrogens with zero attached hydrogens (tertiary/aromatic N) is 2. The molecule has 3 nitrogen and oxygen atoms in total. The Hall–Kier alpha value is -0.120. The van der Waals surface area contributed by atoms with Crippen molar-refractivity contribution in [1.82, 2.24) is 9.80 Å². The zero-order valence-electron chi connectivity index (χ0n) is 13.8. The molecule has 2 N–H and O–H groups in total. The zero-order chi connectivity index (χ0) is 14.5. The first-order valence-corrected chi connectivity index (χ1v) is 8.08. The molecule has 0 aliphatic carbocycles. The van der Waals surface area contributed by atoms with E-state index in [1.54, 1.807) is 0 Å². The highest BCUT2D eigenvalue weighted by atomic mass is 15.3. The molecule has 0 aromatic rings. The SMILES string of the molecule is CCC1CN(C)CCCN1C(C)(CN)CCC(C)C. The van der Waals surface area contributed by atoms with E-state index in [1.165, 1.54) is 45.3 Å². The molecule has 0 amide bonds. The van der Waals surface area contributed by atoms with E-state index in [-0.39, 0.29) is 5.54 Å². The van der Waals surface area contributed by atoms with Gasteiger partial charge in [0.15, 0.2) is 0 Å². The predicted octanol–water partition coefficient (Wildman–Crippen LogP) is 2.56. The maximum absolute atomic E-state index is 6.17. The van der Waals surface area contributed by atoms with Crippen molar-refractivity contribution in [2.75, 3.05) is 33.2 Å². The Kier molecular flexibility index (Phi) is 6.78. The van der Waals surface area contributed by atoms with E-state index >= 15 is 0 Å². The minimum atomic E-state index is 0.177. The highest BCUT2D eigenvalue weighted by Gasteiger charge is 2.35. The summed E-state index contributed by atoms with van der Waals surface area (Å²) < 4.78 is 0. The van der Waals surface area contributed by atoms with E-state index < -0.39 is 0 Å². The van der Waals surface area contributed by atoms with E-state index in [0.717, 1.165) is 12.5 Å². The lowest BCUT2D eigenvalue weighted by Gasteiger charge is -2.45. The van der Waals surface area contributed by atoms with Gasteiger partial charge in [-0.1, -0.05) is 20.8 Å². The highest BCUT2D eigenvalue weighted by Crippen LogP contribution is 2.28. The van der Waals surface area contributed by atoms with Crippen LogP contribution in [0.2, 0.25) is 0 Å². The first-order valence-electron chi connectivity index (χ1n) is 8.08. The molecule has 1 aliphatic rings. The van der Waals surface area contributed by atoms with Crippen LogP contribution < -0.4 is 5.73 Å². The molecule has 1 heterocycles. The van der Waals surface area contributed by atoms with Crippen molar-refractivity contribution in [2.24, 2.45) is 11.7 Å². The third kappa shape index (κ3) is 4.73. The van der Waals surface area contributed by atoms with Gasteiger partial charge in [0.2, 0.25) is 0 Å². The quantitative estimate of drug-likeness (QED) is 0.804. The molecule has 114 valence electrons. The predicted molar refractivity (Wildman–Crippen MR) is 84.4 cm³/mol. The van der Waals surface area contributed by atoms with E-state index in [2.05, 4.69) is 44.5 Å². The van der Waals surface area contributed by atoms with Gasteiger partial charge >= 0.3 is 0 Å². The molecule has 0 bridgehead atoms. The lowest BCUT2D eigenvalue weighted by atomic mass is 9.88. The molecule has 1 rings (SSSR count). The van der Waals surface area contributed by atoms with Crippen molar-refractivity contribution in [3.63, 3.8) is 0 Å². The number of rotatable bonds is 6. The van der Waals surface area contributed by atoms with Crippen molar-refractivity contribution in [3.05, 3.63) is 0 Å². The van der Waals surface area contributed by atoms with Crippen LogP contribution >= 0.6 is 0 Å². The third-order valence-electron chi connectivity index (χ3n) is 4.77. The van der Waals surface area contributed by atoms with Gasteiger partial charge in [-0.2, -0.15) is 0 Å². The summed E-state index contributed by atoms with van der Waals surface area (Å²) >= 11 is 0. The molecular weight excluding hydrogens is 234 g/mol. The van der Waals surface area contributed by atoms with Gasteiger partial charge in [0.25, 0.3) is 0 Å². The average molecular weight is 269 g/mol. The van der Waals surface area contributed by atoms with Crippen LogP contribution in [0.4, 0.5) is 0 Å². The van der Waals surface area contributed by atoms with Crippen LogP contribution in [-0.2, 0) is 0 Å². The molecule has 2 atom stereocenters. The summed E-state index contributed by atoms with van der Waals surface area (Å²) in [6.45, 7) is 13.7. The Bertz CT molecular complexity index is 254. The van der Waals surface area contributed by atoms with Crippen LogP contribution in [0.25, 0.3) is 0 Å². The second-order valence-corrected chi connectivity index (χ2v) is 7.00. The second kappa shape index (κ2) is 7.61. The summed E-state index contributed by atoms with van der Waals surface area (Å²) in [7, 11) is 2.25. The fourth-order valence-corrected chi connectivity index (χ4v) is 3.27. The van der Waals surface area contributed by atoms with Gasteiger partial charge < -0.3 is 10.6 Å². The molecule has 1 fully saturated rings. The minimum absolute atomic E-state index is 0.177. The van der Waals surface area contributed by atoms with Gasteiger partial charge in [0.05, 0.1) is 0 Å². The number of hydrogen-bond acceptors (Lipinski definition) is 3. The van der Waals surface area contributed by atoms with Crippen LogP contribution in [0, 0.1) is 5.92 Å². The van der Waals surface area contributed by atoms with Crippen LogP contribution in [0.3, 0.4) is 0 Å². The van der Waals surface area contributed by atoms with Gasteiger partial charge in [-0.05, 0) is 52.1 Å². The maximum Gasteiger partial charge on any atom is 0.0307 e. The summed E-state index contributed by atoms with van der Waals surface area (Å²) in [5.41, 5.74) is 6.35. The number of nitrogens with two attached hydrogens (primary N) is 1. The molecular formula is C16H35N3. The molecule has 0 radical (unpaired) electrons. The Labute approximate surface area is 120 Å². The normalized spacial score (nSPS) is 26.4. The van der Waals surface area contributed by atoms with Gasteiger partial charge in [-0.3, -0.25) is 4.90 Å². The minimum Gasteiger partial charge on any atom is -0.329 e. The van der Waals surface area contributed by atoms with Crippen molar-refractivity contribution in [3.8, 4) is 0 Å². The standard InChI is InChI=1S/C16H35N3/c1-6-15-12-18(5)10-7-11-19(15)16(4,13-17)9-8-14(2)3/h14-15H,6-13,17H2,1-5H3. The van der Waals surface area contributed by atoms with Gasteiger partial charge in [0, 0.05) is 31.2 Å². The number of hydrogen-bond donors (Lipinski definition) is 1. The van der Waals surface area contributed by atoms with Crippen molar-refractivity contribution < 1.29 is 0 Å². The lowest BCUT2D eigenvalue weighted by molar-refractivity contribution is 0.0494. The van der Waals surface area contributed by atoms with E-state index in [9.17, 15) is 0 Å². The molecule has 0 spiro atoms. The summed E-state index contributed by atoms with van der Waals surface area (Å²) in [6, 6.07) is 0.660. The Morgan fingerprint density at radius 1 is 1.32 bits per heavy atom. The van der Waals surface area contributed by atoms with Gasteiger partial charge in [-0.25, -0.2) is 0 Å². The highest BCUT2D eigenvalue weighted by molar-refractivity contribution is 4.93. The molecule has 0 aromatic carbocycles. The number of likely N-dealkylation sites (N-methyl/N-ethyl adjacent to an activating group) is 1. The molecule has 0 aromatic heterocycles. The topological polar surface area (TPSA) is 32.5 Å². The van der Waals surface area contributed by atoms with Crippen LogP contribution in [-0.4, -0.2) is 54.6 Å². The smallest absolute Gasteiger partial charge is 0.0307 e. The van der Waals surface area contributed by atoms with Crippen LogP contribution in [0.15, 0.2) is 0 Å². The fourth-order valence-electron chi connectivity index (χ4n) is 3.27. The first kappa shape index (κ1) is 16.9. The Morgan fingerprint density at radius 2 is 2.00 bits per heavy atom. The van der Waals surface area contributed by atoms with Gasteiger partial charge in [0.1, 0.15) is 0 Å². The molecule has 1 saturated heterocycles. The molecule has 2 unspecified atom stereocenters. The Balaban J connectivity index is 2.79. The Morgan fingerprint density at radius 3 is 2.53 bits per heavy atom. The van der Waals surface area contributed by atoms with Crippen LogP contribution in [0.5, 0.6) is 0 Å². The molecule has 3 heteroatoms. The van der Waals surface area contributed by atoms with Crippen LogP contribution in [0.1, 0.15) is 53.4 Å². The average Bonchev–Trinajstić information content (AvgIpc) is 2.57. The van der Waals surface area contributed by atoms with E-state index in [1.807, 2.05) is 0 Å².